The lowest BCUT2D eigenvalue weighted by Crippen LogP contribution is -2.66. The number of carbonyl (C=O) groups is 2. The van der Waals surface area contributed by atoms with Crippen LogP contribution < -0.4 is 5.32 Å². The van der Waals surface area contributed by atoms with E-state index in [0.29, 0.717) is 38.9 Å². The molecule has 3 amide bonds. The van der Waals surface area contributed by atoms with Gasteiger partial charge in [0, 0.05) is 43.9 Å². The molecular formula is C26H30FN5O2. The molecule has 3 heterocycles. The van der Waals surface area contributed by atoms with Gasteiger partial charge in [-0.3, -0.25) is 14.8 Å². The SMILES string of the molecule is CC=N/C=C(\CC)N1C(=O)C2(CCN(C(=O)NCc3ccc(F)cc3)CC2)C1c1ccccn1. The van der Waals surface area contributed by atoms with Crippen molar-refractivity contribution in [2.45, 2.75) is 45.7 Å². The third kappa shape index (κ3) is 4.44. The number of nitrogens with zero attached hydrogens (tertiary/aromatic N) is 4. The van der Waals surface area contributed by atoms with Crippen LogP contribution in [0.25, 0.3) is 0 Å². The van der Waals surface area contributed by atoms with Gasteiger partial charge in [0.2, 0.25) is 5.91 Å². The van der Waals surface area contributed by atoms with E-state index in [2.05, 4.69) is 15.3 Å². The summed E-state index contributed by atoms with van der Waals surface area (Å²) in [5.74, 6) is -0.227. The number of halogens is 1. The quantitative estimate of drug-likeness (QED) is 0.508. The van der Waals surface area contributed by atoms with E-state index < -0.39 is 5.41 Å². The minimum Gasteiger partial charge on any atom is -0.334 e. The number of aromatic nitrogens is 1. The Kier molecular flexibility index (Phi) is 7.05. The fourth-order valence-electron chi connectivity index (χ4n) is 4.88. The highest BCUT2D eigenvalue weighted by atomic mass is 19.1. The Morgan fingerprint density at radius 2 is 1.97 bits per heavy atom. The third-order valence-electron chi connectivity index (χ3n) is 6.74. The van der Waals surface area contributed by atoms with Crippen LogP contribution in [-0.4, -0.2) is 46.0 Å². The normalized spacial score (nSPS) is 20.0. The van der Waals surface area contributed by atoms with Crippen molar-refractivity contribution < 1.29 is 14.0 Å². The summed E-state index contributed by atoms with van der Waals surface area (Å²) in [5, 5.41) is 2.90. The smallest absolute Gasteiger partial charge is 0.317 e. The maximum atomic E-state index is 13.6. The Bertz CT molecular complexity index is 1080. The topological polar surface area (TPSA) is 77.9 Å². The van der Waals surface area contributed by atoms with Crippen molar-refractivity contribution in [1.29, 1.82) is 0 Å². The molecule has 2 fully saturated rings. The number of piperidine rings is 1. The van der Waals surface area contributed by atoms with Gasteiger partial charge in [0.25, 0.3) is 0 Å². The van der Waals surface area contributed by atoms with E-state index in [4.69, 9.17) is 0 Å². The summed E-state index contributed by atoms with van der Waals surface area (Å²) in [6.45, 7) is 5.15. The molecule has 178 valence electrons. The summed E-state index contributed by atoms with van der Waals surface area (Å²) < 4.78 is 13.1. The molecule has 4 rings (SSSR count). The molecule has 2 aliphatic heterocycles. The van der Waals surface area contributed by atoms with Gasteiger partial charge in [0.15, 0.2) is 0 Å². The van der Waals surface area contributed by atoms with Gasteiger partial charge in [-0.1, -0.05) is 25.1 Å². The van der Waals surface area contributed by atoms with Crippen LogP contribution in [0.15, 0.2) is 65.6 Å². The largest absolute Gasteiger partial charge is 0.334 e. The Labute approximate surface area is 199 Å². The number of aliphatic imine (C=N–C) groups is 1. The van der Waals surface area contributed by atoms with Crippen molar-refractivity contribution in [3.8, 4) is 0 Å². The number of rotatable bonds is 6. The zero-order valence-electron chi connectivity index (χ0n) is 19.6. The number of nitrogens with one attached hydrogen (secondary N) is 1. The predicted molar refractivity (Wildman–Crippen MR) is 128 cm³/mol. The molecule has 0 bridgehead atoms. The molecule has 1 unspecified atom stereocenters. The number of pyridine rings is 1. The van der Waals surface area contributed by atoms with Gasteiger partial charge in [-0.2, -0.15) is 0 Å². The Morgan fingerprint density at radius 1 is 1.24 bits per heavy atom. The van der Waals surface area contributed by atoms with E-state index >= 15 is 0 Å². The second-order valence-electron chi connectivity index (χ2n) is 8.64. The van der Waals surface area contributed by atoms with E-state index in [1.807, 2.05) is 36.9 Å². The van der Waals surface area contributed by atoms with Gasteiger partial charge < -0.3 is 15.1 Å². The summed E-state index contributed by atoms with van der Waals surface area (Å²) in [6.07, 6.45) is 7.03. The molecule has 0 saturated carbocycles. The molecule has 2 aliphatic rings. The number of allylic oxidation sites excluding steroid dienone is 1. The first-order chi connectivity index (χ1) is 16.5. The highest BCUT2D eigenvalue weighted by Crippen LogP contribution is 2.57. The van der Waals surface area contributed by atoms with E-state index in [1.165, 1.54) is 12.1 Å². The van der Waals surface area contributed by atoms with Gasteiger partial charge in [-0.05, 0) is 56.0 Å². The molecule has 1 spiro atoms. The summed E-state index contributed by atoms with van der Waals surface area (Å²) in [5.41, 5.74) is 1.98. The summed E-state index contributed by atoms with van der Waals surface area (Å²) in [7, 11) is 0. The predicted octanol–water partition coefficient (Wildman–Crippen LogP) is 4.44. The highest BCUT2D eigenvalue weighted by Gasteiger charge is 2.63. The lowest BCUT2D eigenvalue weighted by Gasteiger charge is -2.58. The van der Waals surface area contributed by atoms with Gasteiger partial charge >= 0.3 is 6.03 Å². The van der Waals surface area contributed by atoms with E-state index in [9.17, 15) is 14.0 Å². The number of hydrogen-bond acceptors (Lipinski definition) is 4. The molecule has 1 aromatic carbocycles. The van der Waals surface area contributed by atoms with Crippen LogP contribution in [0.1, 0.15) is 50.4 Å². The second kappa shape index (κ2) is 10.2. The first-order valence-corrected chi connectivity index (χ1v) is 11.7. The Hall–Kier alpha value is -3.55. The van der Waals surface area contributed by atoms with Crippen molar-refractivity contribution in [3.05, 3.63) is 77.6 Å². The zero-order valence-corrected chi connectivity index (χ0v) is 19.6. The Balaban J connectivity index is 1.47. The number of benzene rings is 1. The zero-order chi connectivity index (χ0) is 24.1. The lowest BCUT2D eigenvalue weighted by molar-refractivity contribution is -0.175. The maximum absolute atomic E-state index is 13.6. The molecule has 7 nitrogen and oxygen atoms in total. The van der Waals surface area contributed by atoms with Crippen molar-refractivity contribution in [1.82, 2.24) is 20.1 Å². The van der Waals surface area contributed by atoms with Crippen molar-refractivity contribution >= 4 is 18.2 Å². The fourth-order valence-corrected chi connectivity index (χ4v) is 4.88. The van der Waals surface area contributed by atoms with Crippen molar-refractivity contribution in [2.75, 3.05) is 13.1 Å². The number of urea groups is 1. The van der Waals surface area contributed by atoms with Crippen LogP contribution in [0.2, 0.25) is 0 Å². The number of β-lactam (4-membered cyclic amide) rings is 1. The number of carbonyl (C=O) groups excluding carboxylic acids is 2. The molecule has 34 heavy (non-hydrogen) atoms. The molecular weight excluding hydrogens is 433 g/mol. The average Bonchev–Trinajstić information content (AvgIpc) is 2.88. The molecule has 2 aromatic rings. The standard InChI is InChI=1S/C26H30FN5O2/c1-3-21(18-28-4-2)32-23(22-7-5-6-14-29-22)26(24(32)33)12-15-31(16-13-26)25(34)30-17-19-8-10-20(27)11-9-19/h4-11,14,18,23H,3,12-13,15-17H2,1-2H3,(H,30,34)/b21-18+,28-4?. The monoisotopic (exact) mass is 463 g/mol. The van der Waals surface area contributed by atoms with E-state index in [-0.39, 0.29) is 23.8 Å². The number of amides is 3. The van der Waals surface area contributed by atoms with Gasteiger partial charge in [-0.25, -0.2) is 9.18 Å². The van der Waals surface area contributed by atoms with Gasteiger partial charge in [-0.15, -0.1) is 0 Å². The van der Waals surface area contributed by atoms with Crippen LogP contribution in [-0.2, 0) is 11.3 Å². The first-order valence-electron chi connectivity index (χ1n) is 11.7. The third-order valence-corrected chi connectivity index (χ3v) is 6.74. The minimum atomic E-state index is -0.577. The molecule has 1 N–H and O–H groups in total. The average molecular weight is 464 g/mol. The highest BCUT2D eigenvalue weighted by molar-refractivity contribution is 5.92. The fraction of sp³-hybridized carbons (Fsp3) is 0.385. The van der Waals surface area contributed by atoms with E-state index in [0.717, 1.165) is 17.0 Å². The van der Waals surface area contributed by atoms with E-state index in [1.54, 1.807) is 35.6 Å². The summed E-state index contributed by atoms with van der Waals surface area (Å²) in [4.78, 5) is 38.7. The van der Waals surface area contributed by atoms with Crippen LogP contribution in [0.5, 0.6) is 0 Å². The lowest BCUT2D eigenvalue weighted by atomic mass is 9.63. The van der Waals surface area contributed by atoms with Crippen LogP contribution in [0, 0.1) is 11.2 Å². The van der Waals surface area contributed by atoms with Gasteiger partial charge in [0.1, 0.15) is 5.82 Å². The molecule has 0 radical (unpaired) electrons. The number of likely N-dealkylation sites (tertiary alicyclic amines) is 2. The van der Waals surface area contributed by atoms with Crippen molar-refractivity contribution in [3.63, 3.8) is 0 Å². The molecule has 1 aromatic heterocycles. The summed E-state index contributed by atoms with van der Waals surface area (Å²) >= 11 is 0. The minimum absolute atomic E-state index is 0.0777. The first kappa shape index (κ1) is 23.6. The molecule has 1 atom stereocenters. The molecule has 8 heteroatoms. The second-order valence-corrected chi connectivity index (χ2v) is 8.64. The molecule has 2 saturated heterocycles. The van der Waals surface area contributed by atoms with Crippen molar-refractivity contribution in [2.24, 2.45) is 10.4 Å². The number of hydrogen-bond donors (Lipinski definition) is 1. The van der Waals surface area contributed by atoms with Crippen LogP contribution in [0.4, 0.5) is 9.18 Å². The Morgan fingerprint density at radius 3 is 2.59 bits per heavy atom. The molecule has 0 aliphatic carbocycles. The van der Waals surface area contributed by atoms with Gasteiger partial charge in [0.05, 0.1) is 17.2 Å². The maximum Gasteiger partial charge on any atom is 0.317 e. The van der Waals surface area contributed by atoms with Crippen LogP contribution >= 0.6 is 0 Å². The summed E-state index contributed by atoms with van der Waals surface area (Å²) in [6, 6.07) is 11.5. The van der Waals surface area contributed by atoms with Crippen LogP contribution in [0.3, 0.4) is 0 Å².